The maximum absolute atomic E-state index is 11.7. The van der Waals surface area contributed by atoms with E-state index in [0.717, 1.165) is 4.47 Å². The first-order valence-corrected chi connectivity index (χ1v) is 5.48. The predicted molar refractivity (Wildman–Crippen MR) is 63.4 cm³/mol. The van der Waals surface area contributed by atoms with Crippen LogP contribution >= 0.6 is 15.9 Å². The number of nitrogens with one attached hydrogen (secondary N) is 1. The molecule has 2 atom stereocenters. The summed E-state index contributed by atoms with van der Waals surface area (Å²) in [7, 11) is 0. The maximum atomic E-state index is 11.7. The normalized spacial score (nSPS) is 14.4. The molecule has 15 heavy (non-hydrogen) atoms. The number of amides is 1. The molecule has 0 radical (unpaired) electrons. The van der Waals surface area contributed by atoms with Gasteiger partial charge in [-0.25, -0.2) is 4.98 Å². The van der Waals surface area contributed by atoms with Gasteiger partial charge in [0.1, 0.15) is 5.82 Å². The summed E-state index contributed by atoms with van der Waals surface area (Å²) in [6.45, 7) is 3.59. The molecule has 1 aromatic heterocycles. The second-order valence-electron chi connectivity index (χ2n) is 3.47. The fourth-order valence-electron chi connectivity index (χ4n) is 0.947. The van der Waals surface area contributed by atoms with Crippen molar-refractivity contribution in [3.8, 4) is 0 Å². The van der Waals surface area contributed by atoms with Crippen molar-refractivity contribution < 1.29 is 4.79 Å². The number of anilines is 1. The van der Waals surface area contributed by atoms with Crippen molar-refractivity contribution in [1.82, 2.24) is 4.98 Å². The molecular formula is C10H14BrN3O. The van der Waals surface area contributed by atoms with Gasteiger partial charge in [-0.1, -0.05) is 6.92 Å². The van der Waals surface area contributed by atoms with Crippen LogP contribution in [0.25, 0.3) is 0 Å². The summed E-state index contributed by atoms with van der Waals surface area (Å²) in [6.07, 6.45) is 1.62. The molecular weight excluding hydrogens is 258 g/mol. The largest absolute Gasteiger partial charge is 0.327 e. The lowest BCUT2D eigenvalue weighted by Crippen LogP contribution is -2.34. The Morgan fingerprint density at radius 3 is 2.80 bits per heavy atom. The van der Waals surface area contributed by atoms with E-state index in [0.29, 0.717) is 5.82 Å². The highest BCUT2D eigenvalue weighted by molar-refractivity contribution is 9.10. The van der Waals surface area contributed by atoms with Gasteiger partial charge in [0, 0.05) is 12.2 Å². The van der Waals surface area contributed by atoms with Crippen LogP contribution in [-0.2, 0) is 4.79 Å². The third-order valence-corrected chi connectivity index (χ3v) is 2.84. The zero-order valence-corrected chi connectivity index (χ0v) is 10.3. The van der Waals surface area contributed by atoms with Crippen molar-refractivity contribution in [1.29, 1.82) is 0 Å². The van der Waals surface area contributed by atoms with Gasteiger partial charge < -0.3 is 11.1 Å². The topological polar surface area (TPSA) is 68.0 Å². The van der Waals surface area contributed by atoms with Gasteiger partial charge >= 0.3 is 0 Å². The highest BCUT2D eigenvalue weighted by atomic mass is 79.9. The third-order valence-electron chi connectivity index (χ3n) is 2.20. The lowest BCUT2D eigenvalue weighted by Gasteiger charge is -2.15. The Kier molecular flexibility index (Phi) is 4.23. The van der Waals surface area contributed by atoms with Crippen LogP contribution in [-0.4, -0.2) is 16.9 Å². The number of pyridine rings is 1. The van der Waals surface area contributed by atoms with Crippen LogP contribution in [0.1, 0.15) is 13.8 Å². The number of hydrogen-bond acceptors (Lipinski definition) is 3. The quantitative estimate of drug-likeness (QED) is 0.881. The Hall–Kier alpha value is -0.940. The molecule has 0 bridgehead atoms. The molecule has 1 heterocycles. The summed E-state index contributed by atoms with van der Waals surface area (Å²) >= 11 is 3.30. The molecule has 0 saturated carbocycles. The average Bonchev–Trinajstić information content (AvgIpc) is 2.20. The molecule has 1 amide bonds. The van der Waals surface area contributed by atoms with Crippen molar-refractivity contribution in [2.45, 2.75) is 19.9 Å². The van der Waals surface area contributed by atoms with Gasteiger partial charge in [-0.3, -0.25) is 4.79 Å². The van der Waals surface area contributed by atoms with Crippen LogP contribution in [0.15, 0.2) is 22.8 Å². The second kappa shape index (κ2) is 5.23. The SMILES string of the molecule is CC(N)C(C)C(=O)Nc1ncccc1Br. The fraction of sp³-hybridized carbons (Fsp3) is 0.400. The van der Waals surface area contributed by atoms with Crippen LogP contribution in [0.2, 0.25) is 0 Å². The smallest absolute Gasteiger partial charge is 0.229 e. The molecule has 2 unspecified atom stereocenters. The van der Waals surface area contributed by atoms with Gasteiger partial charge in [0.25, 0.3) is 0 Å². The van der Waals surface area contributed by atoms with Crippen LogP contribution in [0.5, 0.6) is 0 Å². The molecule has 0 aliphatic heterocycles. The van der Waals surface area contributed by atoms with Crippen LogP contribution in [0, 0.1) is 5.92 Å². The van der Waals surface area contributed by atoms with Crippen LogP contribution < -0.4 is 11.1 Å². The number of hydrogen-bond donors (Lipinski definition) is 2. The molecule has 1 rings (SSSR count). The summed E-state index contributed by atoms with van der Waals surface area (Å²) in [6, 6.07) is 3.43. The summed E-state index contributed by atoms with van der Waals surface area (Å²) in [5.74, 6) is 0.165. The Labute approximate surface area is 97.4 Å². The van der Waals surface area contributed by atoms with E-state index in [4.69, 9.17) is 5.73 Å². The second-order valence-corrected chi connectivity index (χ2v) is 4.33. The number of carbonyl (C=O) groups is 1. The lowest BCUT2D eigenvalue weighted by atomic mass is 10.0. The average molecular weight is 272 g/mol. The van der Waals surface area contributed by atoms with E-state index in [2.05, 4.69) is 26.2 Å². The van der Waals surface area contributed by atoms with Gasteiger partial charge in [0.05, 0.1) is 10.4 Å². The summed E-state index contributed by atoms with van der Waals surface area (Å²) < 4.78 is 0.759. The van der Waals surface area contributed by atoms with Gasteiger partial charge in [-0.15, -0.1) is 0 Å². The Balaban J connectivity index is 2.71. The van der Waals surface area contributed by atoms with E-state index in [1.54, 1.807) is 26.1 Å². The number of nitrogens with zero attached hydrogens (tertiary/aromatic N) is 1. The Morgan fingerprint density at radius 1 is 1.60 bits per heavy atom. The van der Waals surface area contributed by atoms with E-state index in [1.807, 2.05) is 6.07 Å². The van der Waals surface area contributed by atoms with Gasteiger partial charge in [0.15, 0.2) is 0 Å². The van der Waals surface area contributed by atoms with Gasteiger partial charge in [0.2, 0.25) is 5.91 Å². The van der Waals surface area contributed by atoms with E-state index in [-0.39, 0.29) is 17.9 Å². The van der Waals surface area contributed by atoms with Crippen molar-refractivity contribution in [3.63, 3.8) is 0 Å². The number of carbonyl (C=O) groups excluding carboxylic acids is 1. The lowest BCUT2D eigenvalue weighted by molar-refractivity contribution is -0.119. The van der Waals surface area contributed by atoms with E-state index in [9.17, 15) is 4.79 Å². The molecule has 82 valence electrons. The van der Waals surface area contributed by atoms with Crippen molar-refractivity contribution in [2.24, 2.45) is 11.7 Å². The monoisotopic (exact) mass is 271 g/mol. The van der Waals surface area contributed by atoms with E-state index >= 15 is 0 Å². The molecule has 0 aliphatic rings. The number of nitrogens with two attached hydrogens (primary N) is 1. The minimum atomic E-state index is -0.237. The number of halogens is 1. The molecule has 0 fully saturated rings. The van der Waals surface area contributed by atoms with E-state index in [1.165, 1.54) is 0 Å². The van der Waals surface area contributed by atoms with Crippen molar-refractivity contribution in [2.75, 3.05) is 5.32 Å². The first-order valence-electron chi connectivity index (χ1n) is 4.69. The molecule has 0 aliphatic carbocycles. The highest BCUT2D eigenvalue weighted by Gasteiger charge is 2.17. The van der Waals surface area contributed by atoms with Crippen molar-refractivity contribution in [3.05, 3.63) is 22.8 Å². The number of rotatable bonds is 3. The van der Waals surface area contributed by atoms with Crippen LogP contribution in [0.3, 0.4) is 0 Å². The molecule has 0 aromatic carbocycles. The first-order chi connectivity index (χ1) is 7.02. The molecule has 0 saturated heterocycles. The molecule has 3 N–H and O–H groups in total. The van der Waals surface area contributed by atoms with Crippen molar-refractivity contribution >= 4 is 27.7 Å². The highest BCUT2D eigenvalue weighted by Crippen LogP contribution is 2.19. The zero-order valence-electron chi connectivity index (χ0n) is 8.70. The Bertz CT molecular complexity index is 354. The van der Waals surface area contributed by atoms with Crippen LogP contribution in [0.4, 0.5) is 5.82 Å². The zero-order chi connectivity index (χ0) is 11.4. The molecule has 5 heteroatoms. The van der Waals surface area contributed by atoms with Gasteiger partial charge in [-0.2, -0.15) is 0 Å². The minimum Gasteiger partial charge on any atom is -0.327 e. The third kappa shape index (κ3) is 3.28. The maximum Gasteiger partial charge on any atom is 0.229 e. The van der Waals surface area contributed by atoms with Gasteiger partial charge in [-0.05, 0) is 35.0 Å². The standard InChI is InChI=1S/C10H14BrN3O/c1-6(7(2)12)10(15)14-9-8(11)4-3-5-13-9/h3-7H,12H2,1-2H3,(H,13,14,15). The number of aromatic nitrogens is 1. The fourth-order valence-corrected chi connectivity index (χ4v) is 1.30. The molecule has 4 nitrogen and oxygen atoms in total. The summed E-state index contributed by atoms with van der Waals surface area (Å²) in [4.78, 5) is 15.7. The summed E-state index contributed by atoms with van der Waals surface area (Å²) in [5, 5.41) is 2.71. The molecule has 1 aromatic rings. The Morgan fingerprint density at radius 2 is 2.27 bits per heavy atom. The first kappa shape index (κ1) is 12.1. The summed E-state index contributed by atoms with van der Waals surface area (Å²) in [5.41, 5.74) is 5.64. The van der Waals surface area contributed by atoms with E-state index < -0.39 is 0 Å². The predicted octanol–water partition coefficient (Wildman–Crippen LogP) is 1.77. The molecule has 0 spiro atoms. The minimum absolute atomic E-state index is 0.121.